The van der Waals surface area contributed by atoms with Gasteiger partial charge in [-0.05, 0) is 23.8 Å². The summed E-state index contributed by atoms with van der Waals surface area (Å²) in [5.41, 5.74) is 1.35. The Hall–Kier alpha value is -2.24. The van der Waals surface area contributed by atoms with Crippen LogP contribution in [-0.4, -0.2) is 44.2 Å². The van der Waals surface area contributed by atoms with Gasteiger partial charge in [-0.1, -0.05) is 30.3 Å². The Morgan fingerprint density at radius 1 is 1.08 bits per heavy atom. The van der Waals surface area contributed by atoms with Crippen molar-refractivity contribution >= 4 is 11.6 Å². The minimum absolute atomic E-state index is 0.0452. The monoisotopic (exact) mass is 326 g/mol. The summed E-state index contributed by atoms with van der Waals surface area (Å²) >= 11 is 0. The maximum absolute atomic E-state index is 14.1. The third-order valence-corrected chi connectivity index (χ3v) is 5.00. The van der Waals surface area contributed by atoms with Crippen molar-refractivity contribution in [2.45, 2.75) is 5.54 Å². The van der Waals surface area contributed by atoms with Crippen LogP contribution < -0.4 is 4.90 Å². The number of morpholine rings is 1. The number of halogens is 1. The van der Waals surface area contributed by atoms with Crippen LogP contribution in [-0.2, 0) is 15.1 Å². The number of nitrogens with zero attached hydrogens (tertiary/aromatic N) is 2. The molecule has 1 atom stereocenters. The zero-order valence-electron chi connectivity index (χ0n) is 13.5. The molecular formula is C19H19FN2O2. The highest BCUT2D eigenvalue weighted by Crippen LogP contribution is 2.48. The maximum Gasteiger partial charge on any atom is 0.256 e. The fraction of sp³-hybridized carbons (Fsp3) is 0.316. The van der Waals surface area contributed by atoms with Crippen molar-refractivity contribution < 1.29 is 13.9 Å². The molecule has 4 rings (SSSR count). The molecule has 2 aliphatic rings. The summed E-state index contributed by atoms with van der Waals surface area (Å²) in [6, 6.07) is 14.2. The molecule has 0 radical (unpaired) electrons. The predicted molar refractivity (Wildman–Crippen MR) is 89.4 cm³/mol. The molecule has 2 heterocycles. The van der Waals surface area contributed by atoms with Crippen molar-refractivity contribution in [3.8, 4) is 0 Å². The molecule has 2 aromatic carbocycles. The average molecular weight is 326 g/mol. The Labute approximate surface area is 140 Å². The Bertz CT molecular complexity index is 774. The van der Waals surface area contributed by atoms with E-state index < -0.39 is 5.54 Å². The van der Waals surface area contributed by atoms with E-state index in [9.17, 15) is 9.18 Å². The lowest BCUT2D eigenvalue weighted by Crippen LogP contribution is -2.56. The molecule has 0 N–H and O–H groups in total. The second kappa shape index (κ2) is 5.69. The van der Waals surface area contributed by atoms with E-state index in [1.54, 1.807) is 18.0 Å². The highest BCUT2D eigenvalue weighted by Gasteiger charge is 2.55. The standard InChI is InChI=1S/C19H19FN2O2/c1-21-17-8-7-15(20)13-16(17)19(18(21)23,14-5-3-2-4-6-14)22-9-11-24-12-10-22/h2-8,13H,9-12H2,1H3. The number of hydrogen-bond donors (Lipinski definition) is 0. The van der Waals surface area contributed by atoms with E-state index in [4.69, 9.17) is 4.74 Å². The molecule has 1 fully saturated rings. The summed E-state index contributed by atoms with van der Waals surface area (Å²) in [5, 5.41) is 0. The highest BCUT2D eigenvalue weighted by molar-refractivity contribution is 6.09. The van der Waals surface area contributed by atoms with E-state index >= 15 is 0 Å². The number of benzene rings is 2. The number of rotatable bonds is 2. The van der Waals surface area contributed by atoms with Gasteiger partial charge < -0.3 is 9.64 Å². The summed E-state index contributed by atoms with van der Waals surface area (Å²) in [6.45, 7) is 2.39. The first-order chi connectivity index (χ1) is 11.7. The average Bonchev–Trinajstić information content (AvgIpc) is 2.85. The molecule has 1 amide bonds. The summed E-state index contributed by atoms with van der Waals surface area (Å²) in [6.07, 6.45) is 0. The van der Waals surface area contributed by atoms with Gasteiger partial charge in [-0.25, -0.2) is 4.39 Å². The smallest absolute Gasteiger partial charge is 0.256 e. The van der Waals surface area contributed by atoms with Crippen molar-refractivity contribution in [1.82, 2.24) is 4.90 Å². The summed E-state index contributed by atoms with van der Waals surface area (Å²) in [7, 11) is 1.75. The van der Waals surface area contributed by atoms with E-state index in [-0.39, 0.29) is 11.7 Å². The van der Waals surface area contributed by atoms with E-state index in [0.717, 1.165) is 11.3 Å². The minimum atomic E-state index is -0.989. The third kappa shape index (κ3) is 2.01. The van der Waals surface area contributed by atoms with Crippen LogP contribution in [0.15, 0.2) is 48.5 Å². The Balaban J connectivity index is 2.00. The molecule has 1 saturated heterocycles. The SMILES string of the molecule is CN1C(=O)C(c2ccccc2)(N2CCOCC2)c2cc(F)ccc21. The van der Waals surface area contributed by atoms with Crippen LogP contribution in [0, 0.1) is 5.82 Å². The van der Waals surface area contributed by atoms with E-state index in [1.165, 1.54) is 12.1 Å². The zero-order chi connectivity index (χ0) is 16.7. The topological polar surface area (TPSA) is 32.8 Å². The summed E-state index contributed by atoms with van der Waals surface area (Å²) in [4.78, 5) is 17.2. The van der Waals surface area contributed by atoms with Crippen molar-refractivity contribution in [3.63, 3.8) is 0 Å². The first kappa shape index (κ1) is 15.3. The molecule has 2 aromatic rings. The van der Waals surface area contributed by atoms with Crippen LogP contribution in [0.3, 0.4) is 0 Å². The van der Waals surface area contributed by atoms with Crippen LogP contribution in [0.5, 0.6) is 0 Å². The third-order valence-electron chi connectivity index (χ3n) is 5.00. The van der Waals surface area contributed by atoms with Gasteiger partial charge >= 0.3 is 0 Å². The molecule has 0 spiro atoms. The zero-order valence-corrected chi connectivity index (χ0v) is 13.5. The molecule has 1 unspecified atom stereocenters. The maximum atomic E-state index is 14.1. The number of carbonyl (C=O) groups is 1. The number of amides is 1. The quantitative estimate of drug-likeness (QED) is 0.849. The number of carbonyl (C=O) groups excluding carboxylic acids is 1. The molecule has 4 nitrogen and oxygen atoms in total. The van der Waals surface area contributed by atoms with Crippen LogP contribution in [0.2, 0.25) is 0 Å². The van der Waals surface area contributed by atoms with Gasteiger partial charge in [0, 0.05) is 31.4 Å². The molecule has 5 heteroatoms. The van der Waals surface area contributed by atoms with Gasteiger partial charge in [0.15, 0.2) is 5.54 Å². The second-order valence-corrected chi connectivity index (χ2v) is 6.20. The molecule has 0 aliphatic carbocycles. The predicted octanol–water partition coefficient (Wildman–Crippen LogP) is 2.38. The molecule has 0 bridgehead atoms. The van der Waals surface area contributed by atoms with Crippen molar-refractivity contribution in [1.29, 1.82) is 0 Å². The molecule has 24 heavy (non-hydrogen) atoms. The number of ether oxygens (including phenoxy) is 1. The van der Waals surface area contributed by atoms with Crippen LogP contribution in [0.1, 0.15) is 11.1 Å². The first-order valence-corrected chi connectivity index (χ1v) is 8.12. The first-order valence-electron chi connectivity index (χ1n) is 8.12. The lowest BCUT2D eigenvalue weighted by molar-refractivity contribution is -0.130. The van der Waals surface area contributed by atoms with Gasteiger partial charge in [-0.2, -0.15) is 0 Å². The largest absolute Gasteiger partial charge is 0.379 e. The van der Waals surface area contributed by atoms with Crippen molar-refractivity contribution in [2.24, 2.45) is 0 Å². The highest BCUT2D eigenvalue weighted by atomic mass is 19.1. The Morgan fingerprint density at radius 2 is 1.79 bits per heavy atom. The minimum Gasteiger partial charge on any atom is -0.379 e. The summed E-state index contributed by atoms with van der Waals surface area (Å²) in [5.74, 6) is -0.374. The van der Waals surface area contributed by atoms with E-state index in [2.05, 4.69) is 4.90 Å². The number of anilines is 1. The van der Waals surface area contributed by atoms with Gasteiger partial charge in [-0.3, -0.25) is 9.69 Å². The van der Waals surface area contributed by atoms with Gasteiger partial charge in [-0.15, -0.1) is 0 Å². The summed E-state index contributed by atoms with van der Waals surface area (Å²) < 4.78 is 19.5. The molecule has 2 aliphatic heterocycles. The molecule has 124 valence electrons. The molecule has 0 saturated carbocycles. The van der Waals surface area contributed by atoms with Gasteiger partial charge in [0.1, 0.15) is 5.82 Å². The van der Waals surface area contributed by atoms with Crippen LogP contribution >= 0.6 is 0 Å². The Kier molecular flexibility index (Phi) is 3.62. The second-order valence-electron chi connectivity index (χ2n) is 6.20. The molecule has 0 aromatic heterocycles. The fourth-order valence-corrected chi connectivity index (χ4v) is 3.90. The molecular weight excluding hydrogens is 307 g/mol. The number of hydrogen-bond acceptors (Lipinski definition) is 3. The lowest BCUT2D eigenvalue weighted by Gasteiger charge is -2.42. The van der Waals surface area contributed by atoms with Gasteiger partial charge in [0.25, 0.3) is 5.91 Å². The van der Waals surface area contributed by atoms with Crippen molar-refractivity contribution in [2.75, 3.05) is 38.3 Å². The van der Waals surface area contributed by atoms with Crippen molar-refractivity contribution in [3.05, 3.63) is 65.5 Å². The van der Waals surface area contributed by atoms with Gasteiger partial charge in [0.2, 0.25) is 0 Å². The van der Waals surface area contributed by atoms with Crippen LogP contribution in [0.4, 0.5) is 10.1 Å². The van der Waals surface area contributed by atoms with Gasteiger partial charge in [0.05, 0.1) is 13.2 Å². The number of likely N-dealkylation sites (N-methyl/N-ethyl adjacent to an activating group) is 1. The fourth-order valence-electron chi connectivity index (χ4n) is 3.90. The normalized spacial score (nSPS) is 24.2. The van der Waals surface area contributed by atoms with E-state index in [1.807, 2.05) is 30.3 Å². The van der Waals surface area contributed by atoms with Crippen LogP contribution in [0.25, 0.3) is 0 Å². The number of fused-ring (bicyclic) bond motifs is 1. The Morgan fingerprint density at radius 3 is 2.50 bits per heavy atom. The van der Waals surface area contributed by atoms with E-state index in [0.29, 0.717) is 31.9 Å². The lowest BCUT2D eigenvalue weighted by atomic mass is 9.81.